The Morgan fingerprint density at radius 2 is 2.24 bits per heavy atom. The van der Waals surface area contributed by atoms with Crippen molar-refractivity contribution in [2.45, 2.75) is 45.1 Å². The van der Waals surface area contributed by atoms with Crippen LogP contribution in [0.15, 0.2) is 0 Å². The van der Waals surface area contributed by atoms with Gasteiger partial charge in [-0.05, 0) is 38.6 Å². The van der Waals surface area contributed by atoms with Gasteiger partial charge in [0.2, 0.25) is 5.91 Å². The van der Waals surface area contributed by atoms with Crippen molar-refractivity contribution in [2.75, 3.05) is 13.1 Å². The Morgan fingerprint density at radius 3 is 2.76 bits per heavy atom. The summed E-state index contributed by atoms with van der Waals surface area (Å²) in [6.07, 6.45) is 2.65. The molecule has 1 amide bonds. The molecule has 1 aliphatic rings. The average molecular weight is 242 g/mol. The largest absolute Gasteiger partial charge is 0.481 e. The van der Waals surface area contributed by atoms with E-state index in [9.17, 15) is 9.59 Å². The van der Waals surface area contributed by atoms with Gasteiger partial charge >= 0.3 is 5.97 Å². The standard InChI is InChI=1S/C12H22N2O3/c1-9(4-5-10(15)16)8-13-11(17)12(2)6-3-7-14-12/h9,14H,3-8H2,1-2H3,(H,13,17)(H,15,16). The lowest BCUT2D eigenvalue weighted by Crippen LogP contribution is -2.51. The van der Waals surface area contributed by atoms with Gasteiger partial charge in [0.05, 0.1) is 5.54 Å². The number of carbonyl (C=O) groups excluding carboxylic acids is 1. The molecule has 17 heavy (non-hydrogen) atoms. The maximum Gasteiger partial charge on any atom is 0.303 e. The molecule has 1 fully saturated rings. The molecule has 1 aliphatic heterocycles. The Morgan fingerprint density at radius 1 is 1.53 bits per heavy atom. The molecule has 2 unspecified atom stereocenters. The summed E-state index contributed by atoms with van der Waals surface area (Å²) >= 11 is 0. The second-order valence-electron chi connectivity index (χ2n) is 5.11. The van der Waals surface area contributed by atoms with Gasteiger partial charge in [0, 0.05) is 13.0 Å². The lowest BCUT2D eigenvalue weighted by molar-refractivity contribution is -0.137. The number of hydrogen-bond donors (Lipinski definition) is 3. The van der Waals surface area contributed by atoms with Crippen molar-refractivity contribution in [3.63, 3.8) is 0 Å². The molecule has 0 aromatic rings. The second kappa shape index (κ2) is 6.00. The Bertz CT molecular complexity index is 285. The van der Waals surface area contributed by atoms with Gasteiger partial charge in [0.15, 0.2) is 0 Å². The molecular weight excluding hydrogens is 220 g/mol. The number of amides is 1. The smallest absolute Gasteiger partial charge is 0.303 e. The zero-order chi connectivity index (χ0) is 12.9. The van der Waals surface area contributed by atoms with E-state index in [1.807, 2.05) is 13.8 Å². The predicted octanol–water partition coefficient (Wildman–Crippen LogP) is 0.746. The van der Waals surface area contributed by atoms with E-state index < -0.39 is 11.5 Å². The first-order valence-electron chi connectivity index (χ1n) is 6.19. The summed E-state index contributed by atoms with van der Waals surface area (Å²) < 4.78 is 0. The fourth-order valence-corrected chi connectivity index (χ4v) is 2.02. The topological polar surface area (TPSA) is 78.4 Å². The zero-order valence-corrected chi connectivity index (χ0v) is 10.6. The highest BCUT2D eigenvalue weighted by molar-refractivity contribution is 5.86. The first-order chi connectivity index (χ1) is 7.94. The summed E-state index contributed by atoms with van der Waals surface area (Å²) in [6.45, 7) is 5.30. The summed E-state index contributed by atoms with van der Waals surface area (Å²) in [5, 5.41) is 14.7. The molecule has 5 heteroatoms. The zero-order valence-electron chi connectivity index (χ0n) is 10.6. The van der Waals surface area contributed by atoms with E-state index >= 15 is 0 Å². The second-order valence-corrected chi connectivity index (χ2v) is 5.11. The predicted molar refractivity (Wildman–Crippen MR) is 64.7 cm³/mol. The van der Waals surface area contributed by atoms with E-state index in [2.05, 4.69) is 10.6 Å². The van der Waals surface area contributed by atoms with Crippen molar-refractivity contribution >= 4 is 11.9 Å². The average Bonchev–Trinajstić information content (AvgIpc) is 2.71. The molecule has 0 aromatic heterocycles. The molecule has 1 heterocycles. The SMILES string of the molecule is CC(CCC(=O)O)CNC(=O)C1(C)CCCN1. The first-order valence-corrected chi connectivity index (χ1v) is 6.19. The fourth-order valence-electron chi connectivity index (χ4n) is 2.02. The van der Waals surface area contributed by atoms with Gasteiger partial charge in [0.1, 0.15) is 0 Å². The maximum absolute atomic E-state index is 11.9. The van der Waals surface area contributed by atoms with Crippen molar-refractivity contribution in [2.24, 2.45) is 5.92 Å². The van der Waals surface area contributed by atoms with Gasteiger partial charge in [-0.25, -0.2) is 0 Å². The van der Waals surface area contributed by atoms with Crippen LogP contribution in [0, 0.1) is 5.92 Å². The van der Waals surface area contributed by atoms with E-state index in [1.54, 1.807) is 0 Å². The summed E-state index contributed by atoms with van der Waals surface area (Å²) in [7, 11) is 0. The minimum Gasteiger partial charge on any atom is -0.481 e. The number of nitrogens with one attached hydrogen (secondary N) is 2. The molecular formula is C12H22N2O3. The van der Waals surface area contributed by atoms with Crippen molar-refractivity contribution < 1.29 is 14.7 Å². The number of rotatable bonds is 6. The third kappa shape index (κ3) is 4.34. The molecule has 2 atom stereocenters. The third-order valence-corrected chi connectivity index (χ3v) is 3.33. The van der Waals surface area contributed by atoms with Crippen LogP contribution in [0.2, 0.25) is 0 Å². The van der Waals surface area contributed by atoms with Crippen molar-refractivity contribution in [3.05, 3.63) is 0 Å². The molecule has 0 saturated carbocycles. The number of aliphatic carboxylic acids is 1. The third-order valence-electron chi connectivity index (χ3n) is 3.33. The fraction of sp³-hybridized carbons (Fsp3) is 0.833. The van der Waals surface area contributed by atoms with Crippen LogP contribution in [-0.4, -0.2) is 35.6 Å². The highest BCUT2D eigenvalue weighted by Gasteiger charge is 2.35. The highest BCUT2D eigenvalue weighted by atomic mass is 16.4. The number of carboxylic acids is 1. The Balaban J connectivity index is 2.25. The molecule has 0 spiro atoms. The van der Waals surface area contributed by atoms with Crippen molar-refractivity contribution in [1.82, 2.24) is 10.6 Å². The van der Waals surface area contributed by atoms with Gasteiger partial charge in [-0.2, -0.15) is 0 Å². The minimum absolute atomic E-state index is 0.0252. The van der Waals surface area contributed by atoms with E-state index in [1.165, 1.54) is 0 Å². The maximum atomic E-state index is 11.9. The van der Waals surface area contributed by atoms with Crippen LogP contribution < -0.4 is 10.6 Å². The lowest BCUT2D eigenvalue weighted by atomic mass is 9.98. The van der Waals surface area contributed by atoms with E-state index in [-0.39, 0.29) is 18.2 Å². The van der Waals surface area contributed by atoms with Gasteiger partial charge in [-0.1, -0.05) is 6.92 Å². The quantitative estimate of drug-likeness (QED) is 0.642. The summed E-state index contributed by atoms with van der Waals surface area (Å²) in [6, 6.07) is 0. The lowest BCUT2D eigenvalue weighted by Gasteiger charge is -2.24. The van der Waals surface area contributed by atoms with Crippen molar-refractivity contribution in [1.29, 1.82) is 0 Å². The highest BCUT2D eigenvalue weighted by Crippen LogP contribution is 2.18. The molecule has 1 rings (SSSR count). The van der Waals surface area contributed by atoms with E-state index in [0.29, 0.717) is 13.0 Å². The minimum atomic E-state index is -0.785. The molecule has 5 nitrogen and oxygen atoms in total. The van der Waals surface area contributed by atoms with Crippen LogP contribution in [-0.2, 0) is 9.59 Å². The van der Waals surface area contributed by atoms with Crippen LogP contribution >= 0.6 is 0 Å². The van der Waals surface area contributed by atoms with Crippen LogP contribution in [0.5, 0.6) is 0 Å². The first kappa shape index (κ1) is 14.0. The molecule has 0 aliphatic carbocycles. The Labute approximate surface area is 102 Å². The summed E-state index contributed by atoms with van der Waals surface area (Å²) in [5.74, 6) is -0.565. The summed E-state index contributed by atoms with van der Waals surface area (Å²) in [4.78, 5) is 22.3. The molecule has 1 saturated heterocycles. The molecule has 0 radical (unpaired) electrons. The number of carboxylic acid groups (broad SMARTS) is 1. The van der Waals surface area contributed by atoms with Gasteiger partial charge in [-0.15, -0.1) is 0 Å². The van der Waals surface area contributed by atoms with E-state index in [4.69, 9.17) is 5.11 Å². The molecule has 3 N–H and O–H groups in total. The van der Waals surface area contributed by atoms with Gasteiger partial charge < -0.3 is 15.7 Å². The van der Waals surface area contributed by atoms with E-state index in [0.717, 1.165) is 19.4 Å². The number of carbonyl (C=O) groups is 2. The van der Waals surface area contributed by atoms with Gasteiger partial charge in [-0.3, -0.25) is 9.59 Å². The monoisotopic (exact) mass is 242 g/mol. The summed E-state index contributed by atoms with van der Waals surface area (Å²) in [5.41, 5.74) is -0.438. The molecule has 0 bridgehead atoms. The molecule has 0 aromatic carbocycles. The van der Waals surface area contributed by atoms with Crippen LogP contribution in [0.3, 0.4) is 0 Å². The normalized spacial score (nSPS) is 25.5. The van der Waals surface area contributed by atoms with Crippen molar-refractivity contribution in [3.8, 4) is 0 Å². The van der Waals surface area contributed by atoms with Crippen LogP contribution in [0.1, 0.15) is 39.5 Å². The Hall–Kier alpha value is -1.10. The van der Waals surface area contributed by atoms with Gasteiger partial charge in [0.25, 0.3) is 0 Å². The van der Waals surface area contributed by atoms with Crippen LogP contribution in [0.4, 0.5) is 0 Å². The Kier molecular flexibility index (Phi) is 4.93. The van der Waals surface area contributed by atoms with Crippen LogP contribution in [0.25, 0.3) is 0 Å². The molecule has 98 valence electrons. The number of hydrogen-bond acceptors (Lipinski definition) is 3.